The molecule has 1 saturated heterocycles. The number of aromatic nitrogens is 2. The van der Waals surface area contributed by atoms with Gasteiger partial charge in [0.25, 0.3) is 5.91 Å². The lowest BCUT2D eigenvalue weighted by molar-refractivity contribution is 0.103. The fourth-order valence-corrected chi connectivity index (χ4v) is 4.55. The standard InChI is InChI=1S/C22H28N4OS/c1-15(2)26-19-7-6-17(23-22(27)20-5-4-12-28-20)13-18(19)24-21(26)14-25-10-8-16(3)9-11-25/h4-7,12-13,15-16H,8-11,14H2,1-3H3,(H,23,27). The summed E-state index contributed by atoms with van der Waals surface area (Å²) in [4.78, 5) is 20.5. The molecule has 1 fully saturated rings. The van der Waals surface area contributed by atoms with E-state index >= 15 is 0 Å². The lowest BCUT2D eigenvalue weighted by atomic mass is 9.99. The van der Waals surface area contributed by atoms with Crippen LogP contribution in [0, 0.1) is 5.92 Å². The summed E-state index contributed by atoms with van der Waals surface area (Å²) in [5.74, 6) is 1.87. The highest BCUT2D eigenvalue weighted by molar-refractivity contribution is 7.12. The molecule has 0 bridgehead atoms. The summed E-state index contributed by atoms with van der Waals surface area (Å²) in [6.45, 7) is 9.92. The zero-order chi connectivity index (χ0) is 19.7. The van der Waals surface area contributed by atoms with Crippen LogP contribution in [-0.2, 0) is 6.54 Å². The van der Waals surface area contributed by atoms with Gasteiger partial charge in [-0.15, -0.1) is 11.3 Å². The van der Waals surface area contributed by atoms with Gasteiger partial charge in [0.1, 0.15) is 5.82 Å². The average molecular weight is 397 g/mol. The third-order valence-corrected chi connectivity index (χ3v) is 6.39. The largest absolute Gasteiger partial charge is 0.324 e. The number of hydrogen-bond donors (Lipinski definition) is 1. The van der Waals surface area contributed by atoms with Crippen LogP contribution in [0.1, 0.15) is 55.2 Å². The quantitative estimate of drug-likeness (QED) is 0.648. The Morgan fingerprint density at radius 3 is 2.75 bits per heavy atom. The van der Waals surface area contributed by atoms with Crippen LogP contribution in [0.2, 0.25) is 0 Å². The molecule has 0 aliphatic carbocycles. The van der Waals surface area contributed by atoms with E-state index in [1.807, 2.05) is 29.6 Å². The molecule has 0 unspecified atom stereocenters. The second kappa shape index (κ2) is 8.05. The first-order valence-corrected chi connectivity index (χ1v) is 11.0. The summed E-state index contributed by atoms with van der Waals surface area (Å²) in [5.41, 5.74) is 2.86. The normalized spacial score (nSPS) is 16.1. The number of carbonyl (C=O) groups excluding carboxylic acids is 1. The highest BCUT2D eigenvalue weighted by Crippen LogP contribution is 2.26. The van der Waals surface area contributed by atoms with E-state index in [9.17, 15) is 4.79 Å². The Morgan fingerprint density at radius 2 is 2.07 bits per heavy atom. The maximum atomic E-state index is 12.3. The van der Waals surface area contributed by atoms with E-state index in [0.717, 1.165) is 48.1 Å². The van der Waals surface area contributed by atoms with Gasteiger partial charge < -0.3 is 9.88 Å². The fraction of sp³-hybridized carbons (Fsp3) is 0.455. The van der Waals surface area contributed by atoms with Crippen molar-refractivity contribution in [2.24, 2.45) is 5.92 Å². The number of rotatable bonds is 5. The van der Waals surface area contributed by atoms with E-state index in [2.05, 4.69) is 41.6 Å². The number of likely N-dealkylation sites (tertiary alicyclic amines) is 1. The van der Waals surface area contributed by atoms with E-state index in [1.54, 1.807) is 0 Å². The van der Waals surface area contributed by atoms with Crippen molar-refractivity contribution in [1.82, 2.24) is 14.5 Å². The average Bonchev–Trinajstić information content (AvgIpc) is 3.31. The summed E-state index contributed by atoms with van der Waals surface area (Å²) in [6, 6.07) is 10.1. The monoisotopic (exact) mass is 396 g/mol. The summed E-state index contributed by atoms with van der Waals surface area (Å²) in [6.07, 6.45) is 2.53. The highest BCUT2D eigenvalue weighted by atomic mass is 32.1. The van der Waals surface area contributed by atoms with Crippen LogP contribution < -0.4 is 5.32 Å². The molecule has 5 nitrogen and oxygen atoms in total. The van der Waals surface area contributed by atoms with Gasteiger partial charge in [-0.3, -0.25) is 9.69 Å². The number of imidazole rings is 1. The van der Waals surface area contributed by atoms with Crippen LogP contribution in [0.3, 0.4) is 0 Å². The van der Waals surface area contributed by atoms with Crippen LogP contribution >= 0.6 is 11.3 Å². The maximum Gasteiger partial charge on any atom is 0.265 e. The van der Waals surface area contributed by atoms with Gasteiger partial charge in [0.05, 0.1) is 22.5 Å². The molecule has 3 heterocycles. The second-order valence-corrected chi connectivity index (χ2v) is 9.03. The van der Waals surface area contributed by atoms with Crippen molar-refractivity contribution in [3.05, 3.63) is 46.4 Å². The topological polar surface area (TPSA) is 50.2 Å². The number of hydrogen-bond acceptors (Lipinski definition) is 4. The molecule has 0 radical (unpaired) electrons. The van der Waals surface area contributed by atoms with Crippen LogP contribution in [0.15, 0.2) is 35.7 Å². The van der Waals surface area contributed by atoms with Gasteiger partial charge in [-0.25, -0.2) is 4.98 Å². The first-order valence-electron chi connectivity index (χ1n) is 10.1. The Hall–Kier alpha value is -2.18. The Labute approximate surface area is 170 Å². The van der Waals surface area contributed by atoms with Gasteiger partial charge in [-0.2, -0.15) is 0 Å². The van der Waals surface area contributed by atoms with Crippen molar-refractivity contribution in [2.45, 2.75) is 46.2 Å². The number of carbonyl (C=O) groups is 1. The van der Waals surface area contributed by atoms with Gasteiger partial charge in [0.15, 0.2) is 0 Å². The summed E-state index contributed by atoms with van der Waals surface area (Å²) in [5, 5.41) is 4.91. The predicted molar refractivity (Wildman–Crippen MR) is 116 cm³/mol. The molecule has 3 aromatic rings. The van der Waals surface area contributed by atoms with Gasteiger partial charge in [-0.1, -0.05) is 13.0 Å². The summed E-state index contributed by atoms with van der Waals surface area (Å²) >= 11 is 1.45. The highest BCUT2D eigenvalue weighted by Gasteiger charge is 2.20. The van der Waals surface area contributed by atoms with Gasteiger partial charge >= 0.3 is 0 Å². The van der Waals surface area contributed by atoms with Crippen molar-refractivity contribution >= 4 is 34.0 Å². The Morgan fingerprint density at radius 1 is 1.29 bits per heavy atom. The SMILES string of the molecule is CC1CCN(Cc2nc3cc(NC(=O)c4cccs4)ccc3n2C(C)C)CC1. The lowest BCUT2D eigenvalue weighted by Crippen LogP contribution is -2.33. The van der Waals surface area contributed by atoms with E-state index in [1.165, 1.54) is 24.2 Å². The fourth-order valence-electron chi connectivity index (χ4n) is 3.93. The van der Waals surface area contributed by atoms with Crippen molar-refractivity contribution in [2.75, 3.05) is 18.4 Å². The lowest BCUT2D eigenvalue weighted by Gasteiger charge is -2.30. The molecule has 2 aromatic heterocycles. The van der Waals surface area contributed by atoms with Gasteiger partial charge in [0, 0.05) is 11.7 Å². The van der Waals surface area contributed by atoms with Crippen LogP contribution in [-0.4, -0.2) is 33.4 Å². The molecule has 1 aliphatic heterocycles. The number of anilines is 1. The molecule has 0 atom stereocenters. The molecule has 1 aliphatic rings. The summed E-state index contributed by atoms with van der Waals surface area (Å²) < 4.78 is 2.33. The van der Waals surface area contributed by atoms with Crippen LogP contribution in [0.4, 0.5) is 5.69 Å². The minimum atomic E-state index is -0.0692. The number of nitrogens with one attached hydrogen (secondary N) is 1. The van der Waals surface area contributed by atoms with Crippen LogP contribution in [0.25, 0.3) is 11.0 Å². The van der Waals surface area contributed by atoms with Crippen molar-refractivity contribution in [3.8, 4) is 0 Å². The second-order valence-electron chi connectivity index (χ2n) is 8.09. The molecule has 6 heteroatoms. The minimum Gasteiger partial charge on any atom is -0.324 e. The molecule has 148 valence electrons. The molecule has 28 heavy (non-hydrogen) atoms. The molecular formula is C22H28N4OS. The molecule has 1 amide bonds. The maximum absolute atomic E-state index is 12.3. The van der Waals surface area contributed by atoms with Crippen molar-refractivity contribution < 1.29 is 4.79 Å². The number of fused-ring (bicyclic) bond motifs is 1. The third-order valence-electron chi connectivity index (χ3n) is 5.52. The molecule has 0 saturated carbocycles. The number of benzene rings is 1. The molecule has 1 aromatic carbocycles. The minimum absolute atomic E-state index is 0.0692. The van der Waals surface area contributed by atoms with Gasteiger partial charge in [0.2, 0.25) is 0 Å². The van der Waals surface area contributed by atoms with Gasteiger partial charge in [-0.05, 0) is 75.3 Å². The Bertz CT molecular complexity index is 952. The smallest absolute Gasteiger partial charge is 0.265 e. The number of piperidine rings is 1. The Balaban J connectivity index is 1.59. The molecule has 4 rings (SSSR count). The summed E-state index contributed by atoms with van der Waals surface area (Å²) in [7, 11) is 0. The third kappa shape index (κ3) is 3.98. The van der Waals surface area contributed by atoms with E-state index in [-0.39, 0.29) is 5.91 Å². The predicted octanol–water partition coefficient (Wildman–Crippen LogP) is 5.16. The zero-order valence-corrected chi connectivity index (χ0v) is 17.6. The molecule has 0 spiro atoms. The van der Waals surface area contributed by atoms with E-state index in [0.29, 0.717) is 10.9 Å². The molecular weight excluding hydrogens is 368 g/mol. The first-order chi connectivity index (χ1) is 13.5. The number of nitrogens with zero attached hydrogens (tertiary/aromatic N) is 3. The van der Waals surface area contributed by atoms with Crippen molar-refractivity contribution in [3.63, 3.8) is 0 Å². The zero-order valence-electron chi connectivity index (χ0n) is 16.8. The first kappa shape index (κ1) is 19.2. The molecule has 1 N–H and O–H groups in total. The number of amides is 1. The van der Waals surface area contributed by atoms with E-state index in [4.69, 9.17) is 4.98 Å². The van der Waals surface area contributed by atoms with E-state index < -0.39 is 0 Å². The number of thiophene rings is 1. The Kier molecular flexibility index (Phi) is 5.51. The van der Waals surface area contributed by atoms with Crippen molar-refractivity contribution in [1.29, 1.82) is 0 Å². The van der Waals surface area contributed by atoms with Crippen LogP contribution in [0.5, 0.6) is 0 Å².